The van der Waals surface area contributed by atoms with Crippen LogP contribution in [0.2, 0.25) is 10.0 Å². The Kier molecular flexibility index (Phi) is 17.5. The lowest BCUT2D eigenvalue weighted by molar-refractivity contribution is -0.141. The van der Waals surface area contributed by atoms with Gasteiger partial charge >= 0.3 is 18.2 Å². The number of fused-ring (bicyclic) bond motifs is 4. The summed E-state index contributed by atoms with van der Waals surface area (Å²) in [6.07, 6.45) is 5.91. The van der Waals surface area contributed by atoms with Crippen molar-refractivity contribution in [1.29, 1.82) is 0 Å². The number of amides is 7. The van der Waals surface area contributed by atoms with Gasteiger partial charge in [0, 0.05) is 87.6 Å². The molecule has 4 bridgehead atoms. The molecule has 0 spiro atoms. The molecule has 16 nitrogen and oxygen atoms in total. The van der Waals surface area contributed by atoms with E-state index in [-0.39, 0.29) is 47.6 Å². The number of nitrogens with one attached hydrogen (secondary N) is 3. The van der Waals surface area contributed by atoms with E-state index in [1.54, 1.807) is 65.6 Å². The molecule has 7 N–H and O–H groups in total. The number of carbonyl (C=O) groups is 5. The number of halogens is 4. The molecule has 7 amide bonds. The van der Waals surface area contributed by atoms with Crippen LogP contribution in [0.3, 0.4) is 0 Å². The minimum atomic E-state index is -0.741. The first-order chi connectivity index (χ1) is 34.6. The largest absolute Gasteiger partial charge is 0.444 e. The van der Waals surface area contributed by atoms with Gasteiger partial charge in [-0.2, -0.15) is 0 Å². The zero-order valence-electron chi connectivity index (χ0n) is 41.5. The molecule has 4 aliphatic heterocycles. The number of anilines is 2. The topological polar surface area (TPSA) is 199 Å². The molecule has 4 aromatic carbocycles. The van der Waals surface area contributed by atoms with Crippen molar-refractivity contribution < 1.29 is 37.5 Å². The van der Waals surface area contributed by atoms with E-state index in [9.17, 15) is 32.8 Å². The molecule has 4 aromatic rings. The van der Waals surface area contributed by atoms with Crippen molar-refractivity contribution in [3.05, 3.63) is 140 Å². The molecule has 4 unspecified atom stereocenters. The van der Waals surface area contributed by atoms with E-state index in [1.807, 2.05) is 44.4 Å². The van der Waals surface area contributed by atoms with Crippen molar-refractivity contribution in [2.75, 3.05) is 63.0 Å². The summed E-state index contributed by atoms with van der Waals surface area (Å²) in [6, 6.07) is 17.8. The number of hydrogen-bond acceptors (Lipinski definition) is 9. The van der Waals surface area contributed by atoms with Crippen molar-refractivity contribution in [3.63, 3.8) is 0 Å². The molecule has 0 radical (unpaired) electrons. The Morgan fingerprint density at radius 2 is 1.03 bits per heavy atom. The lowest BCUT2D eigenvalue weighted by atomic mass is 9.99. The number of urea groups is 2. The summed E-state index contributed by atoms with van der Waals surface area (Å²) in [5.41, 5.74) is 15.7. The Morgan fingerprint density at radius 1 is 0.644 bits per heavy atom. The molecule has 388 valence electrons. The molecule has 0 saturated carbocycles. The van der Waals surface area contributed by atoms with Gasteiger partial charge in [-0.25, -0.2) is 23.2 Å². The Balaban J connectivity index is 0.000000218. The van der Waals surface area contributed by atoms with Crippen LogP contribution >= 0.6 is 23.2 Å². The van der Waals surface area contributed by atoms with Gasteiger partial charge in [0.05, 0.1) is 35.5 Å². The van der Waals surface area contributed by atoms with Crippen molar-refractivity contribution in [2.45, 2.75) is 77.5 Å². The predicted octanol–water partition coefficient (Wildman–Crippen LogP) is 7.60. The first kappa shape index (κ1) is 54.2. The smallest absolute Gasteiger partial charge is 0.410 e. The molecule has 20 heteroatoms. The maximum Gasteiger partial charge on any atom is 0.410 e. The highest BCUT2D eigenvalue weighted by molar-refractivity contribution is 6.32. The van der Waals surface area contributed by atoms with Gasteiger partial charge in [-0.15, -0.1) is 0 Å². The molecule has 4 aliphatic rings. The average Bonchev–Trinajstić information content (AvgIpc) is 3.30. The van der Waals surface area contributed by atoms with Crippen LogP contribution in [0.25, 0.3) is 12.2 Å². The second kappa shape index (κ2) is 23.5. The van der Waals surface area contributed by atoms with Crippen LogP contribution in [-0.4, -0.2) is 137 Å². The van der Waals surface area contributed by atoms with Gasteiger partial charge in [0.2, 0.25) is 11.8 Å². The highest BCUT2D eigenvalue weighted by atomic mass is 35.5. The molecule has 4 saturated heterocycles. The number of ether oxygens (including phenoxy) is 1. The fraction of sp³-hybridized carbons (Fsp3) is 0.377. The first-order valence-corrected chi connectivity index (χ1v) is 24.7. The summed E-state index contributed by atoms with van der Waals surface area (Å²) in [4.78, 5) is 72.5. The van der Waals surface area contributed by atoms with Gasteiger partial charge in [-0.3, -0.25) is 19.4 Å². The average molecular weight is 1040 g/mol. The van der Waals surface area contributed by atoms with E-state index in [1.165, 1.54) is 36.4 Å². The Morgan fingerprint density at radius 3 is 1.41 bits per heavy atom. The van der Waals surface area contributed by atoms with E-state index >= 15 is 0 Å². The van der Waals surface area contributed by atoms with Crippen molar-refractivity contribution in [2.24, 2.45) is 11.5 Å². The molecule has 8 rings (SSSR count). The maximum atomic E-state index is 13.6. The molecule has 4 fully saturated rings. The van der Waals surface area contributed by atoms with Crippen molar-refractivity contribution in [3.8, 4) is 0 Å². The van der Waals surface area contributed by atoms with E-state index in [2.05, 4.69) is 25.8 Å². The summed E-state index contributed by atoms with van der Waals surface area (Å²) in [7, 11) is 0. The van der Waals surface area contributed by atoms with E-state index < -0.39 is 23.8 Å². The number of nitrogens with zero attached hydrogens (tertiary/aromatic N) is 5. The third-order valence-corrected chi connectivity index (χ3v) is 13.7. The number of aryl methyl sites for hydroxylation is 2. The number of nitrogens with two attached hydrogens (primary N) is 2. The summed E-state index contributed by atoms with van der Waals surface area (Å²) < 4.78 is 32.2. The van der Waals surface area contributed by atoms with Gasteiger partial charge in [-0.05, 0) is 129 Å². The lowest BCUT2D eigenvalue weighted by Crippen LogP contribution is -2.70. The van der Waals surface area contributed by atoms with Crippen LogP contribution in [0.5, 0.6) is 0 Å². The molecule has 4 atom stereocenters. The number of rotatable bonds is 10. The lowest BCUT2D eigenvalue weighted by Gasteiger charge is -2.52. The van der Waals surface area contributed by atoms with Crippen LogP contribution in [0.4, 0.5) is 34.5 Å². The SMILES string of the molecule is Cc1cc(/C=C/C(=O)N2C3CN(Cc4ccc(F)cc4)CC2CN(C(=O)OC(C)(C)C)C3)c(NC(N)=O)cc1Cl.Cc1cc(/C=C/C(=O)N2C3CNCC2CN(Cc2ccc(F)cc2)C3)c(NC(N)=O)cc1Cl. The minimum Gasteiger partial charge on any atom is -0.444 e. The van der Waals surface area contributed by atoms with Gasteiger partial charge in [-0.1, -0.05) is 47.5 Å². The van der Waals surface area contributed by atoms with Crippen LogP contribution in [0.15, 0.2) is 84.9 Å². The second-order valence-electron chi connectivity index (χ2n) is 19.8. The fourth-order valence-corrected chi connectivity index (χ4v) is 10.0. The second-order valence-corrected chi connectivity index (χ2v) is 20.6. The third kappa shape index (κ3) is 14.6. The highest BCUT2D eigenvalue weighted by Gasteiger charge is 2.44. The summed E-state index contributed by atoms with van der Waals surface area (Å²) in [6.45, 7) is 15.0. The number of piperazine rings is 4. The van der Waals surface area contributed by atoms with E-state index in [4.69, 9.17) is 39.4 Å². The molecule has 0 aromatic heterocycles. The predicted molar refractivity (Wildman–Crippen MR) is 280 cm³/mol. The number of primary amides is 2. The number of benzene rings is 4. The van der Waals surface area contributed by atoms with Gasteiger partial charge < -0.3 is 46.9 Å². The molecular weight excluding hydrogens is 982 g/mol. The van der Waals surface area contributed by atoms with E-state index in [0.29, 0.717) is 78.4 Å². The quantitative estimate of drug-likeness (QED) is 0.0994. The summed E-state index contributed by atoms with van der Waals surface area (Å²) >= 11 is 12.4. The van der Waals surface area contributed by atoms with Crippen LogP contribution in [-0.2, 0) is 27.4 Å². The van der Waals surface area contributed by atoms with Crippen molar-refractivity contribution >= 4 is 76.7 Å². The monoisotopic (exact) mass is 1040 g/mol. The van der Waals surface area contributed by atoms with Crippen LogP contribution in [0, 0.1) is 25.5 Å². The first-order valence-electron chi connectivity index (χ1n) is 23.9. The normalized spacial score (nSPS) is 20.1. The van der Waals surface area contributed by atoms with Gasteiger partial charge in [0.15, 0.2) is 0 Å². The number of hydrogen-bond donors (Lipinski definition) is 5. The van der Waals surface area contributed by atoms with Gasteiger partial charge in [0.25, 0.3) is 0 Å². The van der Waals surface area contributed by atoms with Crippen molar-refractivity contribution in [1.82, 2.24) is 29.8 Å². The highest BCUT2D eigenvalue weighted by Crippen LogP contribution is 2.30. The third-order valence-electron chi connectivity index (χ3n) is 12.9. The molecule has 73 heavy (non-hydrogen) atoms. The number of carbonyl (C=O) groups excluding carboxylic acids is 5. The maximum absolute atomic E-state index is 13.6. The summed E-state index contributed by atoms with van der Waals surface area (Å²) in [5, 5.41) is 9.47. The Labute approximate surface area is 434 Å². The Bertz CT molecular complexity index is 2730. The standard InChI is InChI=1S/C29H35ClFN5O4.C24H27ClFN5O2/c1-18-11-20(25(12-24(18)30)33-27(32)38)7-10-26(37)36-22-14-34(13-19-5-8-21(31)9-6-19)15-23(36)17-35(16-22)28(39)40-29(2,3)4;1-15-8-17(22(9-21(15)25)29-24(27)33)4-7-23(32)31-19-10-28-11-20(31)14-30(13-19)12-16-2-5-18(26)6-3-16/h5-12,22-23H,13-17H2,1-4H3,(H3,32,33,38);2-9,19-20,28H,10-14H2,1H3,(H3,27,29,33)/b10-7+;7-4+. The van der Waals surface area contributed by atoms with E-state index in [0.717, 1.165) is 41.9 Å². The summed E-state index contributed by atoms with van der Waals surface area (Å²) in [5.74, 6) is -0.823. The van der Waals surface area contributed by atoms with Gasteiger partial charge in [0.1, 0.15) is 17.2 Å². The zero-order valence-corrected chi connectivity index (χ0v) is 43.0. The fourth-order valence-electron chi connectivity index (χ4n) is 9.72. The van der Waals surface area contributed by atoms with Crippen LogP contribution in [0.1, 0.15) is 54.2 Å². The Hall–Kier alpha value is -6.57. The van der Waals surface area contributed by atoms with Crippen LogP contribution < -0.4 is 27.4 Å². The minimum absolute atomic E-state index is 0.0327. The molecular formula is C53H62Cl2F2N10O6. The molecule has 4 heterocycles. The molecule has 0 aliphatic carbocycles. The zero-order chi connectivity index (χ0) is 52.7.